The number of aliphatic hydroxyl groups is 1. The molecule has 4 nitrogen and oxygen atoms in total. The number of carbonyl (C=O) groups excluding carboxylic acids is 1. The third kappa shape index (κ3) is 3.61. The van der Waals surface area contributed by atoms with Gasteiger partial charge in [0.05, 0.1) is 6.10 Å². The van der Waals surface area contributed by atoms with Gasteiger partial charge in [-0.1, -0.05) is 0 Å². The number of ether oxygens (including phenoxy) is 1. The summed E-state index contributed by atoms with van der Waals surface area (Å²) in [6.07, 6.45) is 4.49. The smallest absolute Gasteiger partial charge is 0.407 e. The van der Waals surface area contributed by atoms with Gasteiger partial charge in [0.25, 0.3) is 0 Å². The van der Waals surface area contributed by atoms with Crippen molar-refractivity contribution in [1.82, 2.24) is 5.32 Å². The lowest BCUT2D eigenvalue weighted by atomic mass is 9.80. The molecular formula is C14H25NO3. The molecule has 2 aliphatic rings. The van der Waals surface area contributed by atoms with E-state index in [1.165, 1.54) is 0 Å². The number of alkyl carbamates (subject to hydrolysis) is 1. The van der Waals surface area contributed by atoms with E-state index in [1.54, 1.807) is 0 Å². The molecule has 2 aliphatic carbocycles. The van der Waals surface area contributed by atoms with Gasteiger partial charge in [0.15, 0.2) is 0 Å². The fraction of sp³-hybridized carbons (Fsp3) is 0.929. The average molecular weight is 255 g/mol. The van der Waals surface area contributed by atoms with Crippen LogP contribution >= 0.6 is 0 Å². The Balaban J connectivity index is 1.80. The first-order chi connectivity index (χ1) is 8.33. The molecule has 4 heteroatoms. The van der Waals surface area contributed by atoms with E-state index in [0.29, 0.717) is 11.8 Å². The van der Waals surface area contributed by atoms with Gasteiger partial charge in [0.1, 0.15) is 5.60 Å². The molecule has 2 N–H and O–H groups in total. The minimum absolute atomic E-state index is 0.133. The van der Waals surface area contributed by atoms with Gasteiger partial charge in [0, 0.05) is 6.04 Å². The number of aliphatic hydroxyl groups excluding tert-OH is 1. The molecular weight excluding hydrogens is 230 g/mol. The van der Waals surface area contributed by atoms with E-state index in [9.17, 15) is 9.90 Å². The van der Waals surface area contributed by atoms with Crippen molar-refractivity contribution in [3.8, 4) is 0 Å². The third-order valence-electron chi connectivity index (χ3n) is 4.01. The first kappa shape index (κ1) is 13.7. The van der Waals surface area contributed by atoms with Crippen molar-refractivity contribution in [3.05, 3.63) is 0 Å². The van der Waals surface area contributed by atoms with Gasteiger partial charge in [-0.2, -0.15) is 0 Å². The largest absolute Gasteiger partial charge is 0.444 e. The second-order valence-corrected chi connectivity index (χ2v) is 6.80. The SMILES string of the molecule is CC(C)(C)OC(=O)N[C@@H]1C[C@@H]2CC[C@@H](O)C[C@H]2C1. The fourth-order valence-corrected chi connectivity index (χ4v) is 3.32. The van der Waals surface area contributed by atoms with Gasteiger partial charge in [0.2, 0.25) is 0 Å². The molecule has 2 fully saturated rings. The zero-order chi connectivity index (χ0) is 13.3. The van der Waals surface area contributed by atoms with E-state index in [-0.39, 0.29) is 18.2 Å². The third-order valence-corrected chi connectivity index (χ3v) is 4.01. The van der Waals surface area contributed by atoms with Gasteiger partial charge < -0.3 is 15.2 Å². The van der Waals surface area contributed by atoms with E-state index in [0.717, 1.165) is 32.1 Å². The number of nitrogens with one attached hydrogen (secondary N) is 1. The van der Waals surface area contributed by atoms with Crippen LogP contribution in [-0.2, 0) is 4.74 Å². The van der Waals surface area contributed by atoms with Crippen LogP contribution in [0.1, 0.15) is 52.9 Å². The highest BCUT2D eigenvalue weighted by Crippen LogP contribution is 2.42. The number of fused-ring (bicyclic) bond motifs is 1. The van der Waals surface area contributed by atoms with Crippen molar-refractivity contribution in [3.63, 3.8) is 0 Å². The maximum atomic E-state index is 11.7. The Morgan fingerprint density at radius 2 is 1.83 bits per heavy atom. The molecule has 18 heavy (non-hydrogen) atoms. The van der Waals surface area contributed by atoms with Gasteiger partial charge in [-0.05, 0) is 64.7 Å². The van der Waals surface area contributed by atoms with Crippen molar-refractivity contribution in [2.45, 2.75) is 70.6 Å². The topological polar surface area (TPSA) is 58.6 Å². The minimum Gasteiger partial charge on any atom is -0.444 e. The molecule has 0 heterocycles. The van der Waals surface area contributed by atoms with Crippen molar-refractivity contribution in [1.29, 1.82) is 0 Å². The summed E-state index contributed by atoms with van der Waals surface area (Å²) < 4.78 is 5.27. The number of rotatable bonds is 1. The Bertz CT molecular complexity index is 311. The molecule has 1 amide bonds. The molecule has 4 atom stereocenters. The first-order valence-corrected chi connectivity index (χ1v) is 7.01. The summed E-state index contributed by atoms with van der Waals surface area (Å²) in [5.74, 6) is 1.25. The van der Waals surface area contributed by atoms with Crippen LogP contribution in [0.5, 0.6) is 0 Å². The maximum absolute atomic E-state index is 11.7. The summed E-state index contributed by atoms with van der Waals surface area (Å²) >= 11 is 0. The van der Waals surface area contributed by atoms with Crippen LogP contribution in [0.4, 0.5) is 4.79 Å². The highest BCUT2D eigenvalue weighted by atomic mass is 16.6. The Labute approximate surface area is 109 Å². The number of amides is 1. The van der Waals surface area contributed by atoms with Crippen molar-refractivity contribution < 1.29 is 14.6 Å². The molecule has 2 rings (SSSR count). The van der Waals surface area contributed by atoms with E-state index in [2.05, 4.69) is 5.32 Å². The monoisotopic (exact) mass is 255 g/mol. The van der Waals surface area contributed by atoms with Gasteiger partial charge in [-0.25, -0.2) is 4.79 Å². The number of hydrogen-bond donors (Lipinski definition) is 2. The summed E-state index contributed by atoms with van der Waals surface area (Å²) in [6.45, 7) is 5.62. The molecule has 0 radical (unpaired) electrons. The lowest BCUT2D eigenvalue weighted by Crippen LogP contribution is -2.38. The molecule has 0 aliphatic heterocycles. The molecule has 0 bridgehead atoms. The molecule has 0 spiro atoms. The Kier molecular flexibility index (Phi) is 3.85. The predicted molar refractivity (Wildman–Crippen MR) is 69.2 cm³/mol. The van der Waals surface area contributed by atoms with E-state index in [1.807, 2.05) is 20.8 Å². The van der Waals surface area contributed by atoms with E-state index < -0.39 is 5.60 Å². The zero-order valence-electron chi connectivity index (χ0n) is 11.6. The fourth-order valence-electron chi connectivity index (χ4n) is 3.32. The van der Waals surface area contributed by atoms with Crippen molar-refractivity contribution in [2.75, 3.05) is 0 Å². The number of carbonyl (C=O) groups is 1. The quantitative estimate of drug-likeness (QED) is 0.756. The van der Waals surface area contributed by atoms with Crippen LogP contribution < -0.4 is 5.32 Å². The summed E-state index contributed by atoms with van der Waals surface area (Å²) in [6, 6.07) is 0.222. The maximum Gasteiger partial charge on any atom is 0.407 e. The number of hydrogen-bond acceptors (Lipinski definition) is 3. The van der Waals surface area contributed by atoms with E-state index >= 15 is 0 Å². The van der Waals surface area contributed by atoms with Crippen LogP contribution in [0.25, 0.3) is 0 Å². The van der Waals surface area contributed by atoms with Crippen LogP contribution in [0.3, 0.4) is 0 Å². The van der Waals surface area contributed by atoms with Crippen molar-refractivity contribution >= 4 is 6.09 Å². The average Bonchev–Trinajstić information content (AvgIpc) is 2.55. The predicted octanol–water partition coefficient (Wildman–Crippen LogP) is 2.45. The Morgan fingerprint density at radius 3 is 2.50 bits per heavy atom. The van der Waals surface area contributed by atoms with Crippen LogP contribution in [0.15, 0.2) is 0 Å². The Hall–Kier alpha value is -0.770. The summed E-state index contributed by atoms with van der Waals surface area (Å²) in [7, 11) is 0. The van der Waals surface area contributed by atoms with Gasteiger partial charge in [-0.15, -0.1) is 0 Å². The molecule has 0 unspecified atom stereocenters. The second-order valence-electron chi connectivity index (χ2n) is 6.80. The van der Waals surface area contributed by atoms with Crippen LogP contribution in [0.2, 0.25) is 0 Å². The lowest BCUT2D eigenvalue weighted by molar-refractivity contribution is 0.0504. The minimum atomic E-state index is -0.439. The van der Waals surface area contributed by atoms with Gasteiger partial charge in [-0.3, -0.25) is 0 Å². The van der Waals surface area contributed by atoms with Gasteiger partial charge >= 0.3 is 6.09 Å². The first-order valence-electron chi connectivity index (χ1n) is 7.01. The summed E-state index contributed by atoms with van der Waals surface area (Å²) in [4.78, 5) is 11.7. The van der Waals surface area contributed by atoms with Crippen LogP contribution in [0, 0.1) is 11.8 Å². The highest BCUT2D eigenvalue weighted by Gasteiger charge is 2.39. The molecule has 0 aromatic heterocycles. The summed E-state index contributed by atoms with van der Waals surface area (Å²) in [5, 5.41) is 12.6. The van der Waals surface area contributed by atoms with Crippen molar-refractivity contribution in [2.24, 2.45) is 11.8 Å². The summed E-state index contributed by atoms with van der Waals surface area (Å²) in [5.41, 5.74) is -0.439. The molecule has 104 valence electrons. The molecule has 0 aromatic rings. The molecule has 2 saturated carbocycles. The molecule has 0 saturated heterocycles. The molecule has 0 aromatic carbocycles. The highest BCUT2D eigenvalue weighted by molar-refractivity contribution is 5.68. The zero-order valence-corrected chi connectivity index (χ0v) is 11.6. The Morgan fingerprint density at radius 1 is 1.17 bits per heavy atom. The lowest BCUT2D eigenvalue weighted by Gasteiger charge is -2.28. The standard InChI is InChI=1S/C14H25NO3/c1-14(2,3)18-13(17)15-11-6-9-4-5-12(16)8-10(9)7-11/h9-12,16H,4-8H2,1-3H3,(H,15,17)/t9-,10+,11+,12+/m0/s1. The second kappa shape index (κ2) is 5.08. The normalized spacial score (nSPS) is 36.0. The van der Waals surface area contributed by atoms with Crippen LogP contribution in [-0.4, -0.2) is 28.9 Å². The van der Waals surface area contributed by atoms with E-state index in [4.69, 9.17) is 4.74 Å².